The molecule has 1 aliphatic rings. The summed E-state index contributed by atoms with van der Waals surface area (Å²) in [5, 5.41) is 11.0. The van der Waals surface area contributed by atoms with E-state index in [1.807, 2.05) is 7.05 Å². The van der Waals surface area contributed by atoms with Crippen molar-refractivity contribution in [3.05, 3.63) is 6.20 Å². The van der Waals surface area contributed by atoms with Crippen LogP contribution in [0, 0.1) is 5.92 Å². The second kappa shape index (κ2) is 3.96. The molecule has 1 aliphatic heterocycles. The summed E-state index contributed by atoms with van der Waals surface area (Å²) in [6, 6.07) is 0. The molecule has 2 rings (SSSR count). The molecule has 0 bridgehead atoms. The van der Waals surface area contributed by atoms with Crippen molar-refractivity contribution in [3.63, 3.8) is 0 Å². The molecule has 0 radical (unpaired) electrons. The molecule has 14 heavy (non-hydrogen) atoms. The minimum absolute atomic E-state index is 0.365. The predicted molar refractivity (Wildman–Crippen MR) is 53.0 cm³/mol. The summed E-state index contributed by atoms with van der Waals surface area (Å²) in [4.78, 5) is 0. The van der Waals surface area contributed by atoms with E-state index in [1.54, 1.807) is 10.9 Å². The first-order valence-corrected chi connectivity index (χ1v) is 4.97. The molecule has 1 aromatic rings. The Kier molecular flexibility index (Phi) is 2.67. The molecule has 0 amide bonds. The SMILES string of the molecule is CC1OCCC1CNc1cnnn1C. The molecule has 5 nitrogen and oxygen atoms in total. The van der Waals surface area contributed by atoms with Gasteiger partial charge in [-0.3, -0.25) is 0 Å². The number of aryl methyl sites for hydroxylation is 1. The Hall–Kier alpha value is -1.10. The van der Waals surface area contributed by atoms with E-state index in [0.29, 0.717) is 12.0 Å². The molecule has 0 aliphatic carbocycles. The second-order valence-electron chi connectivity index (χ2n) is 3.75. The Balaban J connectivity index is 1.85. The lowest BCUT2D eigenvalue weighted by Crippen LogP contribution is -2.21. The van der Waals surface area contributed by atoms with Crippen molar-refractivity contribution < 1.29 is 4.74 Å². The van der Waals surface area contributed by atoms with Gasteiger partial charge in [0.25, 0.3) is 0 Å². The number of nitrogens with one attached hydrogen (secondary N) is 1. The average Bonchev–Trinajstić information content (AvgIpc) is 2.72. The van der Waals surface area contributed by atoms with Crippen LogP contribution < -0.4 is 5.32 Å². The molecule has 2 heterocycles. The van der Waals surface area contributed by atoms with E-state index >= 15 is 0 Å². The highest BCUT2D eigenvalue weighted by Crippen LogP contribution is 2.20. The fourth-order valence-electron chi connectivity index (χ4n) is 1.73. The second-order valence-corrected chi connectivity index (χ2v) is 3.75. The van der Waals surface area contributed by atoms with E-state index in [4.69, 9.17) is 4.74 Å². The first-order valence-electron chi connectivity index (χ1n) is 4.97. The van der Waals surface area contributed by atoms with Crippen molar-refractivity contribution in [2.24, 2.45) is 13.0 Å². The average molecular weight is 196 g/mol. The van der Waals surface area contributed by atoms with Gasteiger partial charge in [0.2, 0.25) is 0 Å². The minimum atomic E-state index is 0.365. The quantitative estimate of drug-likeness (QED) is 0.771. The van der Waals surface area contributed by atoms with Crippen LogP contribution in [-0.4, -0.2) is 34.2 Å². The zero-order chi connectivity index (χ0) is 9.97. The number of aromatic nitrogens is 3. The fraction of sp³-hybridized carbons (Fsp3) is 0.778. The van der Waals surface area contributed by atoms with Crippen molar-refractivity contribution in [2.45, 2.75) is 19.4 Å². The molecule has 5 heteroatoms. The van der Waals surface area contributed by atoms with Gasteiger partial charge >= 0.3 is 0 Å². The highest BCUT2D eigenvalue weighted by atomic mass is 16.5. The van der Waals surface area contributed by atoms with Gasteiger partial charge in [-0.15, -0.1) is 5.10 Å². The summed E-state index contributed by atoms with van der Waals surface area (Å²) in [7, 11) is 1.88. The maximum atomic E-state index is 5.49. The predicted octanol–water partition coefficient (Wildman–Crippen LogP) is 0.652. The topological polar surface area (TPSA) is 52.0 Å². The Morgan fingerprint density at radius 1 is 1.71 bits per heavy atom. The van der Waals surface area contributed by atoms with Crippen LogP contribution in [0.4, 0.5) is 5.82 Å². The number of ether oxygens (including phenoxy) is 1. The van der Waals surface area contributed by atoms with E-state index in [1.165, 1.54) is 0 Å². The van der Waals surface area contributed by atoms with Crippen LogP contribution in [0.25, 0.3) is 0 Å². The number of anilines is 1. The zero-order valence-electron chi connectivity index (χ0n) is 8.60. The Labute approximate surface area is 83.4 Å². The third-order valence-corrected chi connectivity index (χ3v) is 2.79. The molecular weight excluding hydrogens is 180 g/mol. The van der Waals surface area contributed by atoms with E-state index in [-0.39, 0.29) is 0 Å². The van der Waals surface area contributed by atoms with Crippen LogP contribution in [0.15, 0.2) is 6.20 Å². The summed E-state index contributed by atoms with van der Waals surface area (Å²) in [6.45, 7) is 3.94. The minimum Gasteiger partial charge on any atom is -0.378 e. The first-order chi connectivity index (χ1) is 6.77. The molecule has 1 saturated heterocycles. The summed E-state index contributed by atoms with van der Waals surface area (Å²) in [5.41, 5.74) is 0. The summed E-state index contributed by atoms with van der Waals surface area (Å²) in [5.74, 6) is 1.56. The van der Waals surface area contributed by atoms with Crippen LogP contribution in [0.2, 0.25) is 0 Å². The van der Waals surface area contributed by atoms with Gasteiger partial charge in [0.05, 0.1) is 12.3 Å². The molecule has 2 atom stereocenters. The fourth-order valence-corrected chi connectivity index (χ4v) is 1.73. The van der Waals surface area contributed by atoms with Crippen LogP contribution in [0.5, 0.6) is 0 Å². The van der Waals surface area contributed by atoms with Crippen molar-refractivity contribution >= 4 is 5.82 Å². The highest BCUT2D eigenvalue weighted by molar-refractivity contribution is 5.30. The molecule has 0 aromatic carbocycles. The number of hydrogen-bond donors (Lipinski definition) is 1. The highest BCUT2D eigenvalue weighted by Gasteiger charge is 2.23. The molecule has 1 aromatic heterocycles. The molecule has 2 unspecified atom stereocenters. The Morgan fingerprint density at radius 3 is 3.14 bits per heavy atom. The first kappa shape index (κ1) is 9.45. The van der Waals surface area contributed by atoms with E-state index in [9.17, 15) is 0 Å². The smallest absolute Gasteiger partial charge is 0.144 e. The van der Waals surface area contributed by atoms with Gasteiger partial charge in [0.1, 0.15) is 5.82 Å². The van der Waals surface area contributed by atoms with Gasteiger partial charge in [0.15, 0.2) is 0 Å². The van der Waals surface area contributed by atoms with Crippen molar-refractivity contribution in [2.75, 3.05) is 18.5 Å². The molecule has 78 valence electrons. The maximum Gasteiger partial charge on any atom is 0.144 e. The summed E-state index contributed by atoms with van der Waals surface area (Å²) < 4.78 is 7.22. The van der Waals surface area contributed by atoms with Gasteiger partial charge in [-0.25, -0.2) is 4.68 Å². The van der Waals surface area contributed by atoms with Gasteiger partial charge in [-0.1, -0.05) is 5.21 Å². The number of hydrogen-bond acceptors (Lipinski definition) is 4. The number of rotatable bonds is 3. The normalized spacial score (nSPS) is 26.7. The molecule has 0 saturated carbocycles. The lowest BCUT2D eigenvalue weighted by Gasteiger charge is -2.14. The third-order valence-electron chi connectivity index (χ3n) is 2.79. The van der Waals surface area contributed by atoms with Gasteiger partial charge in [-0.05, 0) is 13.3 Å². The van der Waals surface area contributed by atoms with Gasteiger partial charge in [0, 0.05) is 26.1 Å². The van der Waals surface area contributed by atoms with Crippen molar-refractivity contribution in [3.8, 4) is 0 Å². The zero-order valence-corrected chi connectivity index (χ0v) is 8.60. The summed E-state index contributed by atoms with van der Waals surface area (Å²) >= 11 is 0. The lowest BCUT2D eigenvalue weighted by atomic mass is 10.0. The lowest BCUT2D eigenvalue weighted by molar-refractivity contribution is 0.108. The Bertz CT molecular complexity index is 299. The number of nitrogens with zero attached hydrogens (tertiary/aromatic N) is 3. The van der Waals surface area contributed by atoms with Crippen molar-refractivity contribution in [1.29, 1.82) is 0 Å². The Morgan fingerprint density at radius 2 is 2.57 bits per heavy atom. The molecular formula is C9H16N4O. The standard InChI is InChI=1S/C9H16N4O/c1-7-8(3-4-14-7)5-10-9-6-11-12-13(9)2/h6-8,10H,3-5H2,1-2H3. The van der Waals surface area contributed by atoms with E-state index in [0.717, 1.165) is 25.4 Å². The van der Waals surface area contributed by atoms with Gasteiger partial charge < -0.3 is 10.1 Å². The van der Waals surface area contributed by atoms with Crippen LogP contribution >= 0.6 is 0 Å². The monoisotopic (exact) mass is 196 g/mol. The maximum absolute atomic E-state index is 5.49. The van der Waals surface area contributed by atoms with Crippen molar-refractivity contribution in [1.82, 2.24) is 15.0 Å². The largest absolute Gasteiger partial charge is 0.378 e. The third kappa shape index (κ3) is 1.87. The molecule has 0 spiro atoms. The van der Waals surface area contributed by atoms with Gasteiger partial charge in [-0.2, -0.15) is 0 Å². The van der Waals surface area contributed by atoms with Crippen LogP contribution in [-0.2, 0) is 11.8 Å². The molecule has 1 fully saturated rings. The summed E-state index contributed by atoms with van der Waals surface area (Å²) in [6.07, 6.45) is 3.24. The van der Waals surface area contributed by atoms with E-state index in [2.05, 4.69) is 22.6 Å². The van der Waals surface area contributed by atoms with Crippen LogP contribution in [0.1, 0.15) is 13.3 Å². The van der Waals surface area contributed by atoms with Crippen LogP contribution in [0.3, 0.4) is 0 Å². The van der Waals surface area contributed by atoms with E-state index < -0.39 is 0 Å². The molecule has 1 N–H and O–H groups in total.